The second kappa shape index (κ2) is 4.70. The van der Waals surface area contributed by atoms with Gasteiger partial charge < -0.3 is 10.6 Å². The molecule has 1 aliphatic heterocycles. The van der Waals surface area contributed by atoms with Crippen molar-refractivity contribution in [2.24, 2.45) is 0 Å². The van der Waals surface area contributed by atoms with E-state index < -0.39 is 0 Å². The maximum Gasteiger partial charge on any atom is 0.228 e. The first-order chi connectivity index (χ1) is 10.6. The molecule has 1 aromatic carbocycles. The Labute approximate surface area is 130 Å². The summed E-state index contributed by atoms with van der Waals surface area (Å²) in [6, 6.07) is 5.77. The molecular formula is C13H12ClN7O. The first kappa shape index (κ1) is 13.1. The van der Waals surface area contributed by atoms with Crippen molar-refractivity contribution in [1.82, 2.24) is 25.1 Å². The maximum absolute atomic E-state index is 6.17. The summed E-state index contributed by atoms with van der Waals surface area (Å²) < 4.78 is 6.60. The third-order valence-electron chi connectivity index (χ3n) is 3.55. The van der Waals surface area contributed by atoms with E-state index in [0.29, 0.717) is 28.3 Å². The van der Waals surface area contributed by atoms with Crippen molar-refractivity contribution < 1.29 is 4.63 Å². The number of benzene rings is 1. The van der Waals surface area contributed by atoms with Crippen molar-refractivity contribution in [2.45, 2.75) is 20.0 Å². The van der Waals surface area contributed by atoms with Crippen LogP contribution in [-0.4, -0.2) is 25.1 Å². The van der Waals surface area contributed by atoms with Crippen molar-refractivity contribution in [2.75, 3.05) is 10.6 Å². The van der Waals surface area contributed by atoms with Gasteiger partial charge in [-0.05, 0) is 41.9 Å². The highest BCUT2D eigenvalue weighted by Crippen LogP contribution is 2.31. The molecule has 8 nitrogen and oxygen atoms in total. The largest absolute Gasteiger partial charge is 0.359 e. The summed E-state index contributed by atoms with van der Waals surface area (Å²) in [7, 11) is 0. The predicted octanol–water partition coefficient (Wildman–Crippen LogP) is 2.46. The van der Waals surface area contributed by atoms with E-state index in [-0.39, 0.29) is 6.17 Å². The second-order valence-corrected chi connectivity index (χ2v) is 5.47. The third-order valence-corrected chi connectivity index (χ3v) is 3.96. The van der Waals surface area contributed by atoms with Crippen LogP contribution in [0.15, 0.2) is 22.8 Å². The number of aryl methyl sites for hydroxylation is 2. The highest BCUT2D eigenvalue weighted by Gasteiger charge is 2.31. The Balaban J connectivity index is 1.73. The smallest absolute Gasteiger partial charge is 0.228 e. The molecule has 0 radical (unpaired) electrons. The quantitative estimate of drug-likeness (QED) is 0.749. The average molecular weight is 318 g/mol. The highest BCUT2D eigenvalue weighted by molar-refractivity contribution is 6.31. The molecule has 112 valence electrons. The van der Waals surface area contributed by atoms with Crippen molar-refractivity contribution in [1.29, 1.82) is 0 Å². The van der Waals surface area contributed by atoms with Gasteiger partial charge in [0.2, 0.25) is 11.6 Å². The Morgan fingerprint density at radius 1 is 1.27 bits per heavy atom. The second-order valence-electron chi connectivity index (χ2n) is 5.06. The monoisotopic (exact) mass is 317 g/mol. The molecule has 0 spiro atoms. The zero-order valence-electron chi connectivity index (χ0n) is 11.8. The molecule has 9 heteroatoms. The fourth-order valence-electron chi connectivity index (χ4n) is 2.40. The number of fused-ring (bicyclic) bond motifs is 3. The van der Waals surface area contributed by atoms with E-state index >= 15 is 0 Å². The molecule has 1 unspecified atom stereocenters. The van der Waals surface area contributed by atoms with Crippen LogP contribution in [0.5, 0.6) is 0 Å². The van der Waals surface area contributed by atoms with Crippen molar-refractivity contribution >= 4 is 23.1 Å². The van der Waals surface area contributed by atoms with Crippen molar-refractivity contribution in [3.8, 4) is 5.82 Å². The van der Waals surface area contributed by atoms with Crippen LogP contribution in [0.25, 0.3) is 5.82 Å². The van der Waals surface area contributed by atoms with Crippen LogP contribution in [0.3, 0.4) is 0 Å². The summed E-state index contributed by atoms with van der Waals surface area (Å²) >= 11 is 6.17. The number of anilines is 2. The summed E-state index contributed by atoms with van der Waals surface area (Å²) in [5.74, 6) is 2.48. The zero-order valence-corrected chi connectivity index (χ0v) is 12.6. The molecule has 0 amide bonds. The van der Waals surface area contributed by atoms with Gasteiger partial charge in [-0.2, -0.15) is 0 Å². The number of hydrogen-bond acceptors (Lipinski definition) is 7. The van der Waals surface area contributed by atoms with E-state index in [9.17, 15) is 0 Å². The van der Waals surface area contributed by atoms with Crippen LogP contribution in [0, 0.1) is 13.8 Å². The number of aromatic nitrogens is 5. The molecule has 4 rings (SSSR count). The molecular weight excluding hydrogens is 306 g/mol. The standard InChI is InChI=1S/C13H12ClN7O/c1-6-3-4-8(5-9(6)14)15-10-12-18-17-7(2)21(12)13-11(16-10)19-22-20-13/h3-5,10,15H,1-2H3,(H,16,19). The molecule has 0 bridgehead atoms. The molecule has 0 fully saturated rings. The van der Waals surface area contributed by atoms with Gasteiger partial charge in [-0.25, -0.2) is 4.63 Å². The molecule has 3 heterocycles. The Morgan fingerprint density at radius 2 is 2.14 bits per heavy atom. The first-order valence-electron chi connectivity index (χ1n) is 6.67. The lowest BCUT2D eigenvalue weighted by atomic mass is 10.2. The van der Waals surface area contributed by atoms with Crippen LogP contribution in [0.4, 0.5) is 11.5 Å². The van der Waals surface area contributed by atoms with Crippen molar-refractivity contribution in [3.05, 3.63) is 40.4 Å². The Kier molecular flexibility index (Phi) is 2.80. The van der Waals surface area contributed by atoms with Gasteiger partial charge in [0.25, 0.3) is 0 Å². The fraction of sp³-hybridized carbons (Fsp3) is 0.231. The number of hydrogen-bond donors (Lipinski definition) is 2. The minimum atomic E-state index is -0.320. The average Bonchev–Trinajstić information content (AvgIpc) is 3.09. The van der Waals surface area contributed by atoms with Crippen LogP contribution >= 0.6 is 11.6 Å². The Hall–Kier alpha value is -2.61. The lowest BCUT2D eigenvalue weighted by molar-refractivity contribution is 0.307. The fourth-order valence-corrected chi connectivity index (χ4v) is 2.58. The summed E-state index contributed by atoms with van der Waals surface area (Å²) in [5.41, 5.74) is 1.88. The first-order valence-corrected chi connectivity index (χ1v) is 7.05. The molecule has 0 saturated heterocycles. The van der Waals surface area contributed by atoms with Gasteiger partial charge in [-0.3, -0.25) is 4.57 Å². The van der Waals surface area contributed by atoms with E-state index in [0.717, 1.165) is 11.3 Å². The van der Waals surface area contributed by atoms with Crippen molar-refractivity contribution in [3.63, 3.8) is 0 Å². The van der Waals surface area contributed by atoms with Crippen LogP contribution in [0.1, 0.15) is 23.4 Å². The molecule has 2 N–H and O–H groups in total. The predicted molar refractivity (Wildman–Crippen MR) is 80.1 cm³/mol. The minimum Gasteiger partial charge on any atom is -0.359 e. The Morgan fingerprint density at radius 3 is 2.95 bits per heavy atom. The summed E-state index contributed by atoms with van der Waals surface area (Å²) in [5, 5.41) is 23.2. The summed E-state index contributed by atoms with van der Waals surface area (Å²) in [6.45, 7) is 3.80. The normalized spacial score (nSPS) is 15.9. The molecule has 1 atom stereocenters. The SMILES string of the molecule is Cc1ccc(NC2Nc3nonc3-n3c(C)nnc32)cc1Cl. The number of rotatable bonds is 2. The molecule has 22 heavy (non-hydrogen) atoms. The summed E-state index contributed by atoms with van der Waals surface area (Å²) in [6.07, 6.45) is -0.320. The summed E-state index contributed by atoms with van der Waals surface area (Å²) in [4.78, 5) is 0. The lowest BCUT2D eigenvalue weighted by Crippen LogP contribution is -2.28. The molecule has 0 saturated carbocycles. The number of nitrogens with zero attached hydrogens (tertiary/aromatic N) is 5. The van der Waals surface area contributed by atoms with Gasteiger partial charge in [0.05, 0.1) is 0 Å². The third kappa shape index (κ3) is 1.92. The van der Waals surface area contributed by atoms with Crippen LogP contribution in [0.2, 0.25) is 5.02 Å². The van der Waals surface area contributed by atoms with E-state index in [4.69, 9.17) is 16.2 Å². The maximum atomic E-state index is 6.17. The van der Waals surface area contributed by atoms with Gasteiger partial charge in [0.15, 0.2) is 12.0 Å². The number of halogens is 1. The zero-order chi connectivity index (χ0) is 15.3. The van der Waals surface area contributed by atoms with Gasteiger partial charge in [0, 0.05) is 10.7 Å². The molecule has 1 aliphatic rings. The van der Waals surface area contributed by atoms with Crippen LogP contribution < -0.4 is 10.6 Å². The lowest BCUT2D eigenvalue weighted by Gasteiger charge is -2.24. The van der Waals surface area contributed by atoms with Gasteiger partial charge >= 0.3 is 0 Å². The molecule has 2 aromatic heterocycles. The van der Waals surface area contributed by atoms with Gasteiger partial charge in [0.1, 0.15) is 5.82 Å². The highest BCUT2D eigenvalue weighted by atomic mass is 35.5. The van der Waals surface area contributed by atoms with E-state index in [2.05, 4.69) is 31.1 Å². The topological polar surface area (TPSA) is 93.7 Å². The molecule has 0 aliphatic carbocycles. The van der Waals surface area contributed by atoms with Gasteiger partial charge in [-0.15, -0.1) is 10.2 Å². The van der Waals surface area contributed by atoms with Gasteiger partial charge in [-0.1, -0.05) is 17.7 Å². The Bertz CT molecular complexity index is 856. The van der Waals surface area contributed by atoms with Crippen LogP contribution in [-0.2, 0) is 0 Å². The van der Waals surface area contributed by atoms with E-state index in [1.807, 2.05) is 32.0 Å². The minimum absolute atomic E-state index is 0.320. The molecule has 3 aromatic rings. The van der Waals surface area contributed by atoms with E-state index in [1.165, 1.54) is 0 Å². The number of nitrogens with one attached hydrogen (secondary N) is 2. The van der Waals surface area contributed by atoms with E-state index in [1.54, 1.807) is 4.57 Å².